The fraction of sp³-hybridized carbons (Fsp3) is 0.391. The molecule has 2 rings (SSSR count). The van der Waals surface area contributed by atoms with E-state index in [9.17, 15) is 9.59 Å². The summed E-state index contributed by atoms with van der Waals surface area (Å²) in [7, 11) is 0. The van der Waals surface area contributed by atoms with Gasteiger partial charge in [-0.25, -0.2) is 0 Å². The molecule has 174 valence electrons. The van der Waals surface area contributed by atoms with Gasteiger partial charge < -0.3 is 15.0 Å². The van der Waals surface area contributed by atoms with Gasteiger partial charge in [-0.1, -0.05) is 54.7 Å². The molecule has 5 nitrogen and oxygen atoms in total. The molecule has 0 aliphatic carbocycles. The van der Waals surface area contributed by atoms with E-state index in [0.29, 0.717) is 31.7 Å². The first-order valence-electron chi connectivity index (χ1n) is 10.3. The van der Waals surface area contributed by atoms with Crippen LogP contribution in [0.3, 0.4) is 0 Å². The number of nitrogens with zero attached hydrogens (tertiary/aromatic N) is 1. The van der Waals surface area contributed by atoms with Crippen molar-refractivity contribution in [3.05, 3.63) is 61.5 Å². The molecule has 0 heterocycles. The number of benzene rings is 2. The lowest BCUT2D eigenvalue weighted by Crippen LogP contribution is -2.51. The number of hydrogen-bond donors (Lipinski definition) is 1. The Balaban J connectivity index is 2.26. The fourth-order valence-corrected chi connectivity index (χ4v) is 4.13. The maximum absolute atomic E-state index is 13.2. The Morgan fingerprint density at radius 1 is 1.06 bits per heavy atom. The summed E-state index contributed by atoms with van der Waals surface area (Å²) >= 11 is 21.5. The minimum atomic E-state index is -0.664. The summed E-state index contributed by atoms with van der Waals surface area (Å²) in [6.45, 7) is 5.73. The topological polar surface area (TPSA) is 58.6 Å². The van der Waals surface area contributed by atoms with E-state index in [2.05, 4.69) is 21.2 Å². The number of hydrogen-bond acceptors (Lipinski definition) is 3. The second kappa shape index (κ2) is 12.7. The summed E-state index contributed by atoms with van der Waals surface area (Å²) in [5.41, 5.74) is 0.759. The summed E-state index contributed by atoms with van der Waals surface area (Å²) in [6.07, 6.45) is 1.23. The molecule has 9 heteroatoms. The molecule has 0 saturated carbocycles. The molecule has 32 heavy (non-hydrogen) atoms. The van der Waals surface area contributed by atoms with Gasteiger partial charge in [-0.3, -0.25) is 9.59 Å². The van der Waals surface area contributed by atoms with Crippen molar-refractivity contribution in [2.75, 3.05) is 6.61 Å². The molecular formula is C23H26BrCl3N2O3. The van der Waals surface area contributed by atoms with Crippen LogP contribution >= 0.6 is 50.7 Å². The van der Waals surface area contributed by atoms with Gasteiger partial charge in [0.25, 0.3) is 5.91 Å². The summed E-state index contributed by atoms with van der Waals surface area (Å²) < 4.78 is 6.35. The maximum Gasteiger partial charge on any atom is 0.261 e. The maximum atomic E-state index is 13.2. The van der Waals surface area contributed by atoms with Crippen LogP contribution in [-0.2, 0) is 16.1 Å². The second-order valence-electron chi connectivity index (χ2n) is 7.38. The highest BCUT2D eigenvalue weighted by Crippen LogP contribution is 2.28. The van der Waals surface area contributed by atoms with E-state index >= 15 is 0 Å². The largest absolute Gasteiger partial charge is 0.483 e. The van der Waals surface area contributed by atoms with E-state index in [1.807, 2.05) is 20.8 Å². The lowest BCUT2D eigenvalue weighted by Gasteiger charge is -2.31. The van der Waals surface area contributed by atoms with Gasteiger partial charge in [0.05, 0.1) is 14.5 Å². The van der Waals surface area contributed by atoms with Gasteiger partial charge in [0.15, 0.2) is 6.61 Å². The molecule has 0 saturated heterocycles. The third-order valence-electron chi connectivity index (χ3n) is 4.97. The van der Waals surface area contributed by atoms with Crippen LogP contribution < -0.4 is 10.1 Å². The van der Waals surface area contributed by atoms with Crippen molar-refractivity contribution in [1.29, 1.82) is 0 Å². The molecule has 0 spiro atoms. The van der Waals surface area contributed by atoms with Gasteiger partial charge in [0.1, 0.15) is 11.8 Å². The molecule has 2 atom stereocenters. The zero-order valence-electron chi connectivity index (χ0n) is 18.1. The van der Waals surface area contributed by atoms with Crippen molar-refractivity contribution in [2.45, 2.75) is 52.2 Å². The van der Waals surface area contributed by atoms with E-state index in [1.54, 1.807) is 36.4 Å². The molecule has 0 bridgehead atoms. The average molecular weight is 565 g/mol. The minimum Gasteiger partial charge on any atom is -0.483 e. The number of halogens is 4. The van der Waals surface area contributed by atoms with Crippen LogP contribution in [-0.4, -0.2) is 35.4 Å². The van der Waals surface area contributed by atoms with Crippen LogP contribution in [0.25, 0.3) is 0 Å². The molecule has 2 amide bonds. The lowest BCUT2D eigenvalue weighted by molar-refractivity contribution is -0.143. The van der Waals surface area contributed by atoms with Crippen molar-refractivity contribution in [1.82, 2.24) is 10.2 Å². The zero-order valence-corrected chi connectivity index (χ0v) is 22.0. The quantitative estimate of drug-likeness (QED) is 0.358. The van der Waals surface area contributed by atoms with Gasteiger partial charge in [0, 0.05) is 17.6 Å². The SMILES string of the molecule is CC[C@@H](C)NC(=O)[C@@H](CC)N(Cc1ccc(Cl)c(Cl)c1)C(=O)COc1ccc(Cl)cc1Br. The number of ether oxygens (including phenoxy) is 1. The van der Waals surface area contributed by atoms with Crippen LogP contribution in [0.4, 0.5) is 0 Å². The Hall–Kier alpha value is -1.47. The lowest BCUT2D eigenvalue weighted by atomic mass is 10.1. The Bertz CT molecular complexity index is 958. The molecule has 0 aliphatic rings. The highest BCUT2D eigenvalue weighted by Gasteiger charge is 2.29. The summed E-state index contributed by atoms with van der Waals surface area (Å²) in [4.78, 5) is 27.7. The predicted octanol–water partition coefficient (Wildman–Crippen LogP) is 6.51. The standard InChI is InChI=1S/C23H26BrCl3N2O3/c1-4-14(3)28-23(31)20(5-2)29(12-15-6-8-18(26)19(27)10-15)22(30)13-32-21-9-7-16(25)11-17(21)24/h6-11,14,20H,4-5,12-13H2,1-3H3,(H,28,31)/t14-,20-/m1/s1. The second-order valence-corrected chi connectivity index (χ2v) is 9.48. The third kappa shape index (κ3) is 7.55. The van der Waals surface area contributed by atoms with Gasteiger partial charge in [-0.15, -0.1) is 0 Å². The highest BCUT2D eigenvalue weighted by atomic mass is 79.9. The molecule has 2 aromatic carbocycles. The van der Waals surface area contributed by atoms with Crippen molar-refractivity contribution in [3.8, 4) is 5.75 Å². The van der Waals surface area contributed by atoms with Crippen molar-refractivity contribution in [3.63, 3.8) is 0 Å². The van der Waals surface area contributed by atoms with E-state index in [0.717, 1.165) is 12.0 Å². The summed E-state index contributed by atoms with van der Waals surface area (Å²) in [6, 6.07) is 9.52. The first-order chi connectivity index (χ1) is 15.2. The van der Waals surface area contributed by atoms with Crippen molar-refractivity contribution in [2.24, 2.45) is 0 Å². The smallest absolute Gasteiger partial charge is 0.261 e. The Labute approximate surface area is 212 Å². The van der Waals surface area contributed by atoms with E-state index in [-0.39, 0.29) is 31.0 Å². The normalized spacial score (nSPS) is 12.7. The molecule has 0 aromatic heterocycles. The fourth-order valence-electron chi connectivity index (χ4n) is 3.01. The number of carbonyl (C=O) groups is 2. The Morgan fingerprint density at radius 2 is 1.78 bits per heavy atom. The van der Waals surface area contributed by atoms with E-state index in [4.69, 9.17) is 39.5 Å². The Morgan fingerprint density at radius 3 is 2.38 bits per heavy atom. The monoisotopic (exact) mass is 562 g/mol. The van der Waals surface area contributed by atoms with E-state index in [1.165, 1.54) is 4.90 Å². The Kier molecular flexibility index (Phi) is 10.6. The van der Waals surface area contributed by atoms with Crippen LogP contribution in [0.1, 0.15) is 39.2 Å². The minimum absolute atomic E-state index is 0.000231. The van der Waals surface area contributed by atoms with Crippen LogP contribution in [0.2, 0.25) is 15.1 Å². The van der Waals surface area contributed by atoms with Crippen LogP contribution in [0, 0.1) is 0 Å². The molecule has 0 radical (unpaired) electrons. The van der Waals surface area contributed by atoms with Gasteiger partial charge in [-0.05, 0) is 71.6 Å². The summed E-state index contributed by atoms with van der Waals surface area (Å²) in [5, 5.41) is 4.32. The van der Waals surface area contributed by atoms with E-state index < -0.39 is 6.04 Å². The predicted molar refractivity (Wildman–Crippen MR) is 134 cm³/mol. The number of amides is 2. The zero-order chi connectivity index (χ0) is 23.8. The van der Waals surface area contributed by atoms with Crippen LogP contribution in [0.15, 0.2) is 40.9 Å². The van der Waals surface area contributed by atoms with Gasteiger partial charge >= 0.3 is 0 Å². The molecule has 0 aliphatic heterocycles. The van der Waals surface area contributed by atoms with Crippen molar-refractivity contribution >= 4 is 62.5 Å². The summed E-state index contributed by atoms with van der Waals surface area (Å²) in [5.74, 6) is -0.0543. The van der Waals surface area contributed by atoms with Crippen molar-refractivity contribution < 1.29 is 14.3 Å². The average Bonchev–Trinajstić information content (AvgIpc) is 2.75. The van der Waals surface area contributed by atoms with Crippen LogP contribution in [0.5, 0.6) is 5.75 Å². The van der Waals surface area contributed by atoms with Gasteiger partial charge in [0.2, 0.25) is 5.91 Å². The number of carbonyl (C=O) groups excluding carboxylic acids is 2. The molecule has 1 N–H and O–H groups in total. The first kappa shape index (κ1) is 26.8. The first-order valence-corrected chi connectivity index (χ1v) is 12.2. The number of rotatable bonds is 10. The van der Waals surface area contributed by atoms with Gasteiger partial charge in [-0.2, -0.15) is 0 Å². The third-order valence-corrected chi connectivity index (χ3v) is 6.56. The highest BCUT2D eigenvalue weighted by molar-refractivity contribution is 9.10. The molecule has 0 unspecified atom stereocenters. The molecule has 0 fully saturated rings. The molecule has 2 aromatic rings. The molecular weight excluding hydrogens is 539 g/mol. The number of nitrogens with one attached hydrogen (secondary N) is 1.